The van der Waals surface area contributed by atoms with Crippen molar-refractivity contribution in [3.63, 3.8) is 0 Å². The van der Waals surface area contributed by atoms with Crippen molar-refractivity contribution in [3.05, 3.63) is 12.4 Å². The zero-order valence-electron chi connectivity index (χ0n) is 7.65. The largest absolute Gasteiger partial charge is 0.373 e. The summed E-state index contributed by atoms with van der Waals surface area (Å²) in [5, 5.41) is 11.4. The van der Waals surface area contributed by atoms with Crippen LogP contribution in [0, 0.1) is 11.3 Å². The van der Waals surface area contributed by atoms with Crippen LogP contribution in [-0.4, -0.2) is 30.6 Å². The van der Waals surface area contributed by atoms with E-state index in [2.05, 4.69) is 15.3 Å². The number of hydrogen-bond acceptors (Lipinski definition) is 5. The fourth-order valence-electron chi connectivity index (χ4n) is 0.880. The molecule has 0 saturated carbocycles. The second-order valence-corrected chi connectivity index (χ2v) is 2.53. The van der Waals surface area contributed by atoms with E-state index in [1.807, 2.05) is 13.1 Å². The highest BCUT2D eigenvalue weighted by molar-refractivity contribution is 5.47. The van der Waals surface area contributed by atoms with E-state index in [4.69, 9.17) is 5.26 Å². The number of hydrogen-bond donors (Lipinski definition) is 1. The summed E-state index contributed by atoms with van der Waals surface area (Å²) < 4.78 is 0. The van der Waals surface area contributed by atoms with Gasteiger partial charge in [0.2, 0.25) is 0 Å². The molecule has 0 spiro atoms. The van der Waals surface area contributed by atoms with Gasteiger partial charge < -0.3 is 10.2 Å². The molecule has 5 heteroatoms. The molecule has 5 nitrogen and oxygen atoms in total. The molecule has 1 rings (SSSR count). The third-order valence-electron chi connectivity index (χ3n) is 1.61. The van der Waals surface area contributed by atoms with E-state index in [9.17, 15) is 0 Å². The Morgan fingerprint density at radius 2 is 2.38 bits per heavy atom. The SMILES string of the molecule is CNc1cc(N(C)CC#N)ncn1. The Hall–Kier alpha value is -1.83. The minimum absolute atomic E-state index is 0.320. The summed E-state index contributed by atoms with van der Waals surface area (Å²) >= 11 is 0. The molecule has 1 N–H and O–H groups in total. The van der Waals surface area contributed by atoms with Gasteiger partial charge in [-0.25, -0.2) is 9.97 Å². The van der Waals surface area contributed by atoms with E-state index in [-0.39, 0.29) is 0 Å². The summed E-state index contributed by atoms with van der Waals surface area (Å²) in [5.41, 5.74) is 0. The number of nitrogens with zero attached hydrogens (tertiary/aromatic N) is 4. The zero-order chi connectivity index (χ0) is 9.68. The van der Waals surface area contributed by atoms with E-state index in [1.54, 1.807) is 18.0 Å². The molecule has 0 aromatic carbocycles. The molecule has 0 atom stereocenters. The third-order valence-corrected chi connectivity index (χ3v) is 1.61. The van der Waals surface area contributed by atoms with Crippen molar-refractivity contribution in [1.29, 1.82) is 5.26 Å². The van der Waals surface area contributed by atoms with Gasteiger partial charge in [-0.15, -0.1) is 0 Å². The maximum absolute atomic E-state index is 8.47. The lowest BCUT2D eigenvalue weighted by Gasteiger charge is -2.13. The second kappa shape index (κ2) is 4.26. The minimum Gasteiger partial charge on any atom is -0.373 e. The summed E-state index contributed by atoms with van der Waals surface area (Å²) in [6, 6.07) is 3.84. The van der Waals surface area contributed by atoms with Gasteiger partial charge in [0, 0.05) is 20.2 Å². The Bertz CT molecular complexity index is 317. The molecule has 0 aliphatic carbocycles. The van der Waals surface area contributed by atoms with E-state index in [0.29, 0.717) is 6.54 Å². The van der Waals surface area contributed by atoms with Crippen LogP contribution in [0.4, 0.5) is 11.6 Å². The molecule has 1 aromatic rings. The number of rotatable bonds is 3. The fraction of sp³-hybridized carbons (Fsp3) is 0.375. The topological polar surface area (TPSA) is 64.8 Å². The highest BCUT2D eigenvalue weighted by atomic mass is 15.2. The highest BCUT2D eigenvalue weighted by Crippen LogP contribution is 2.10. The molecule has 0 unspecified atom stereocenters. The van der Waals surface area contributed by atoms with Crippen molar-refractivity contribution in [1.82, 2.24) is 9.97 Å². The van der Waals surface area contributed by atoms with Crippen LogP contribution in [0.1, 0.15) is 0 Å². The number of aromatic nitrogens is 2. The first-order valence-electron chi connectivity index (χ1n) is 3.86. The van der Waals surface area contributed by atoms with Crippen LogP contribution < -0.4 is 10.2 Å². The van der Waals surface area contributed by atoms with Gasteiger partial charge in [0.15, 0.2) is 0 Å². The number of anilines is 2. The van der Waals surface area contributed by atoms with Crippen LogP contribution in [0.5, 0.6) is 0 Å². The van der Waals surface area contributed by atoms with Gasteiger partial charge in [0.25, 0.3) is 0 Å². The first-order chi connectivity index (χ1) is 6.27. The number of nitrogens with one attached hydrogen (secondary N) is 1. The molecule has 0 radical (unpaired) electrons. The molecule has 0 amide bonds. The Kier molecular flexibility index (Phi) is 3.03. The Morgan fingerprint density at radius 3 is 3.00 bits per heavy atom. The molecular formula is C8H11N5. The van der Waals surface area contributed by atoms with Crippen molar-refractivity contribution in [2.75, 3.05) is 30.9 Å². The smallest absolute Gasteiger partial charge is 0.134 e. The molecule has 0 fully saturated rings. The summed E-state index contributed by atoms with van der Waals surface area (Å²) in [6.07, 6.45) is 1.47. The van der Waals surface area contributed by atoms with Crippen molar-refractivity contribution < 1.29 is 0 Å². The average Bonchev–Trinajstić information content (AvgIpc) is 2.18. The van der Waals surface area contributed by atoms with Crippen LogP contribution in [0.3, 0.4) is 0 Å². The van der Waals surface area contributed by atoms with Crippen molar-refractivity contribution in [2.24, 2.45) is 0 Å². The monoisotopic (exact) mass is 177 g/mol. The van der Waals surface area contributed by atoms with Gasteiger partial charge in [-0.1, -0.05) is 0 Å². The summed E-state index contributed by atoms with van der Waals surface area (Å²) in [4.78, 5) is 9.75. The highest BCUT2D eigenvalue weighted by Gasteiger charge is 2.01. The van der Waals surface area contributed by atoms with E-state index < -0.39 is 0 Å². The van der Waals surface area contributed by atoms with Crippen LogP contribution in [0.25, 0.3) is 0 Å². The minimum atomic E-state index is 0.320. The van der Waals surface area contributed by atoms with E-state index >= 15 is 0 Å². The second-order valence-electron chi connectivity index (χ2n) is 2.53. The molecule has 0 bridgehead atoms. The third kappa shape index (κ3) is 2.30. The lowest BCUT2D eigenvalue weighted by atomic mass is 10.4. The maximum atomic E-state index is 8.47. The summed E-state index contributed by atoms with van der Waals surface area (Å²) in [6.45, 7) is 0.320. The number of nitriles is 1. The predicted molar refractivity (Wildman–Crippen MR) is 50.5 cm³/mol. The quantitative estimate of drug-likeness (QED) is 0.680. The van der Waals surface area contributed by atoms with Gasteiger partial charge in [-0.2, -0.15) is 5.26 Å². The first kappa shape index (κ1) is 9.26. The van der Waals surface area contributed by atoms with Crippen LogP contribution >= 0.6 is 0 Å². The van der Waals surface area contributed by atoms with E-state index in [0.717, 1.165) is 11.6 Å². The van der Waals surface area contributed by atoms with Crippen molar-refractivity contribution in [2.45, 2.75) is 0 Å². The zero-order valence-corrected chi connectivity index (χ0v) is 7.65. The summed E-state index contributed by atoms with van der Waals surface area (Å²) in [5.74, 6) is 1.48. The molecule has 1 aromatic heterocycles. The Morgan fingerprint density at radius 1 is 1.62 bits per heavy atom. The Balaban J connectivity index is 2.83. The van der Waals surface area contributed by atoms with Gasteiger partial charge in [0.1, 0.15) is 24.5 Å². The molecule has 0 saturated heterocycles. The van der Waals surface area contributed by atoms with Gasteiger partial charge in [-0.3, -0.25) is 0 Å². The lowest BCUT2D eigenvalue weighted by molar-refractivity contribution is 0.980. The normalized spacial score (nSPS) is 9.00. The van der Waals surface area contributed by atoms with Crippen LogP contribution in [-0.2, 0) is 0 Å². The van der Waals surface area contributed by atoms with Crippen LogP contribution in [0.15, 0.2) is 12.4 Å². The van der Waals surface area contributed by atoms with Gasteiger partial charge >= 0.3 is 0 Å². The first-order valence-corrected chi connectivity index (χ1v) is 3.86. The van der Waals surface area contributed by atoms with E-state index in [1.165, 1.54) is 6.33 Å². The molecule has 0 aliphatic rings. The average molecular weight is 177 g/mol. The summed E-state index contributed by atoms with van der Waals surface area (Å²) in [7, 11) is 3.60. The van der Waals surface area contributed by atoms with Gasteiger partial charge in [-0.05, 0) is 0 Å². The van der Waals surface area contributed by atoms with Crippen molar-refractivity contribution in [3.8, 4) is 6.07 Å². The Labute approximate surface area is 77.0 Å². The molecule has 0 aliphatic heterocycles. The standard InChI is InChI=1S/C8H11N5/c1-10-7-5-8(12-6-11-7)13(2)4-3-9/h5-6H,4H2,1-2H3,(H,10,11,12). The fourth-order valence-corrected chi connectivity index (χ4v) is 0.880. The maximum Gasteiger partial charge on any atom is 0.134 e. The molecule has 13 heavy (non-hydrogen) atoms. The van der Waals surface area contributed by atoms with Gasteiger partial charge in [0.05, 0.1) is 6.07 Å². The molecule has 1 heterocycles. The predicted octanol–water partition coefficient (Wildman–Crippen LogP) is 0.478. The molecule has 68 valence electrons. The molecular weight excluding hydrogens is 166 g/mol. The lowest BCUT2D eigenvalue weighted by Crippen LogP contribution is -2.18. The van der Waals surface area contributed by atoms with Crippen LogP contribution in [0.2, 0.25) is 0 Å². The van der Waals surface area contributed by atoms with Crippen molar-refractivity contribution >= 4 is 11.6 Å².